The summed E-state index contributed by atoms with van der Waals surface area (Å²) in [6, 6.07) is 3.33. The van der Waals surface area contributed by atoms with Gasteiger partial charge in [0.05, 0.1) is 0 Å². The van der Waals surface area contributed by atoms with Crippen molar-refractivity contribution in [2.45, 2.75) is 0 Å². The van der Waals surface area contributed by atoms with Crippen LogP contribution in [0.3, 0.4) is 0 Å². The van der Waals surface area contributed by atoms with Crippen LogP contribution in [0.15, 0.2) is 12.1 Å². The number of hydrogen-bond acceptors (Lipinski definition) is 4. The van der Waals surface area contributed by atoms with Gasteiger partial charge in [0, 0.05) is 24.3 Å². The lowest BCUT2D eigenvalue weighted by atomic mass is 10.1. The number of hydrogen-bond donors (Lipinski definition) is 0. The lowest BCUT2D eigenvalue weighted by Crippen LogP contribution is -1.92. The maximum absolute atomic E-state index is 10.9. The Bertz CT molecular complexity index is 468. The predicted octanol–water partition coefficient (Wildman–Crippen LogP) is 1.23. The van der Waals surface area contributed by atoms with E-state index in [1.807, 2.05) is 0 Å². The van der Waals surface area contributed by atoms with Gasteiger partial charge in [0.2, 0.25) is 6.79 Å². The summed E-state index contributed by atoms with van der Waals surface area (Å²) in [5, 5.41) is 0. The quantitative estimate of drug-likeness (QED) is 0.553. The van der Waals surface area contributed by atoms with Crippen molar-refractivity contribution < 1.29 is 19.0 Å². The second-order valence-electron chi connectivity index (χ2n) is 3.15. The molecule has 4 nitrogen and oxygen atoms in total. The third kappa shape index (κ3) is 2.00. The van der Waals surface area contributed by atoms with Crippen molar-refractivity contribution in [2.24, 2.45) is 0 Å². The molecule has 0 bridgehead atoms. The van der Waals surface area contributed by atoms with Gasteiger partial charge in [-0.3, -0.25) is 4.79 Å². The Morgan fingerprint density at radius 3 is 2.88 bits per heavy atom. The molecule has 0 amide bonds. The molecule has 0 N–H and O–H groups in total. The SMILES string of the molecule is COCC#Cc1cc2c(cc1C=O)OCO2. The molecule has 2 rings (SSSR count). The van der Waals surface area contributed by atoms with Gasteiger partial charge in [0.15, 0.2) is 17.8 Å². The summed E-state index contributed by atoms with van der Waals surface area (Å²) in [4.78, 5) is 10.9. The van der Waals surface area contributed by atoms with Gasteiger partial charge in [0.1, 0.15) is 6.61 Å². The minimum atomic E-state index is 0.183. The van der Waals surface area contributed by atoms with E-state index in [2.05, 4.69) is 11.8 Å². The fourth-order valence-corrected chi connectivity index (χ4v) is 1.37. The lowest BCUT2D eigenvalue weighted by molar-refractivity contribution is 0.112. The van der Waals surface area contributed by atoms with Crippen LogP contribution in [0.2, 0.25) is 0 Å². The minimum Gasteiger partial charge on any atom is -0.454 e. The maximum atomic E-state index is 10.9. The average molecular weight is 218 g/mol. The molecular formula is C12H10O4. The van der Waals surface area contributed by atoms with E-state index < -0.39 is 0 Å². The zero-order valence-corrected chi connectivity index (χ0v) is 8.78. The van der Waals surface area contributed by atoms with E-state index in [1.165, 1.54) is 0 Å². The number of fused-ring (bicyclic) bond motifs is 1. The molecule has 1 heterocycles. The Balaban J connectivity index is 2.37. The molecule has 16 heavy (non-hydrogen) atoms. The van der Waals surface area contributed by atoms with Crippen molar-refractivity contribution in [3.63, 3.8) is 0 Å². The number of carbonyl (C=O) groups excluding carboxylic acids is 1. The lowest BCUT2D eigenvalue weighted by Gasteiger charge is -2.00. The van der Waals surface area contributed by atoms with Crippen molar-refractivity contribution in [3.8, 4) is 23.3 Å². The van der Waals surface area contributed by atoms with E-state index in [0.29, 0.717) is 29.2 Å². The first-order valence-corrected chi connectivity index (χ1v) is 4.72. The summed E-state index contributed by atoms with van der Waals surface area (Å²) in [6.07, 6.45) is 0.749. The Morgan fingerprint density at radius 1 is 1.44 bits per heavy atom. The van der Waals surface area contributed by atoms with E-state index >= 15 is 0 Å². The molecule has 0 unspecified atom stereocenters. The van der Waals surface area contributed by atoms with Crippen LogP contribution in [0.4, 0.5) is 0 Å². The summed E-state index contributed by atoms with van der Waals surface area (Å²) in [5.74, 6) is 6.84. The van der Waals surface area contributed by atoms with Crippen molar-refractivity contribution in [1.82, 2.24) is 0 Å². The van der Waals surface area contributed by atoms with Gasteiger partial charge in [-0.15, -0.1) is 0 Å². The van der Waals surface area contributed by atoms with Gasteiger partial charge in [-0.2, -0.15) is 0 Å². The molecule has 0 radical (unpaired) electrons. The van der Waals surface area contributed by atoms with Crippen LogP contribution in [-0.2, 0) is 4.74 Å². The number of benzene rings is 1. The largest absolute Gasteiger partial charge is 0.454 e. The van der Waals surface area contributed by atoms with Crippen molar-refractivity contribution >= 4 is 6.29 Å². The summed E-state index contributed by atoms with van der Waals surface area (Å²) < 4.78 is 15.2. The normalized spacial score (nSPS) is 11.8. The maximum Gasteiger partial charge on any atom is 0.231 e. The number of aldehydes is 1. The third-order valence-electron chi connectivity index (χ3n) is 2.11. The van der Waals surface area contributed by atoms with Gasteiger partial charge in [-0.1, -0.05) is 11.8 Å². The summed E-state index contributed by atoms with van der Waals surface area (Å²) in [6.45, 7) is 0.509. The molecule has 0 spiro atoms. The molecular weight excluding hydrogens is 208 g/mol. The van der Waals surface area contributed by atoms with Gasteiger partial charge >= 0.3 is 0 Å². The standard InChI is InChI=1S/C12H10O4/c1-14-4-2-3-9-5-11-12(16-8-15-11)6-10(9)7-13/h5-7H,4,8H2,1H3. The van der Waals surface area contributed by atoms with Crippen molar-refractivity contribution in [3.05, 3.63) is 23.3 Å². The van der Waals surface area contributed by atoms with E-state index in [-0.39, 0.29) is 6.79 Å². The van der Waals surface area contributed by atoms with Crippen LogP contribution in [0.5, 0.6) is 11.5 Å². The first kappa shape index (κ1) is 10.5. The Labute approximate surface area is 93.1 Å². The molecule has 1 aromatic carbocycles. The molecule has 1 aromatic rings. The third-order valence-corrected chi connectivity index (χ3v) is 2.11. The van der Waals surface area contributed by atoms with Gasteiger partial charge in [-0.25, -0.2) is 0 Å². The second kappa shape index (κ2) is 4.69. The summed E-state index contributed by atoms with van der Waals surface area (Å²) in [7, 11) is 1.56. The van der Waals surface area contributed by atoms with Gasteiger partial charge in [0.25, 0.3) is 0 Å². The highest BCUT2D eigenvalue weighted by atomic mass is 16.7. The predicted molar refractivity (Wildman–Crippen MR) is 56.7 cm³/mol. The molecule has 4 heteroatoms. The topological polar surface area (TPSA) is 44.8 Å². The van der Waals surface area contributed by atoms with E-state index in [0.717, 1.165) is 6.29 Å². The van der Waals surface area contributed by atoms with Crippen LogP contribution >= 0.6 is 0 Å². The van der Waals surface area contributed by atoms with E-state index in [9.17, 15) is 4.79 Å². The van der Waals surface area contributed by atoms with Gasteiger partial charge in [-0.05, 0) is 6.07 Å². The van der Waals surface area contributed by atoms with E-state index in [4.69, 9.17) is 14.2 Å². The van der Waals surface area contributed by atoms with Crippen LogP contribution in [0, 0.1) is 11.8 Å². The fourth-order valence-electron chi connectivity index (χ4n) is 1.37. The number of carbonyl (C=O) groups is 1. The molecule has 82 valence electrons. The monoisotopic (exact) mass is 218 g/mol. The van der Waals surface area contributed by atoms with Crippen LogP contribution in [0.25, 0.3) is 0 Å². The Hall–Kier alpha value is -1.99. The smallest absolute Gasteiger partial charge is 0.231 e. The number of methoxy groups -OCH3 is 1. The van der Waals surface area contributed by atoms with Crippen LogP contribution in [0.1, 0.15) is 15.9 Å². The zero-order valence-electron chi connectivity index (χ0n) is 8.78. The first-order valence-electron chi connectivity index (χ1n) is 4.72. The van der Waals surface area contributed by atoms with Gasteiger partial charge < -0.3 is 14.2 Å². The van der Waals surface area contributed by atoms with Crippen molar-refractivity contribution in [1.29, 1.82) is 0 Å². The highest BCUT2D eigenvalue weighted by molar-refractivity contribution is 5.81. The molecule has 1 aliphatic heterocycles. The summed E-state index contributed by atoms with van der Waals surface area (Å²) >= 11 is 0. The Morgan fingerprint density at radius 2 is 2.19 bits per heavy atom. The average Bonchev–Trinajstić information content (AvgIpc) is 2.75. The van der Waals surface area contributed by atoms with Crippen molar-refractivity contribution in [2.75, 3.05) is 20.5 Å². The number of ether oxygens (including phenoxy) is 3. The molecule has 0 saturated carbocycles. The molecule has 0 saturated heterocycles. The molecule has 1 aliphatic rings. The Kier molecular flexibility index (Phi) is 3.08. The minimum absolute atomic E-state index is 0.183. The molecule has 0 fully saturated rings. The first-order chi connectivity index (χ1) is 7.85. The fraction of sp³-hybridized carbons (Fsp3) is 0.250. The highest BCUT2D eigenvalue weighted by Gasteiger charge is 2.15. The van der Waals surface area contributed by atoms with E-state index in [1.54, 1.807) is 19.2 Å². The molecule has 0 aromatic heterocycles. The second-order valence-corrected chi connectivity index (χ2v) is 3.15. The number of rotatable bonds is 2. The van der Waals surface area contributed by atoms with Crippen LogP contribution < -0.4 is 9.47 Å². The van der Waals surface area contributed by atoms with Crippen LogP contribution in [-0.4, -0.2) is 26.8 Å². The highest BCUT2D eigenvalue weighted by Crippen LogP contribution is 2.34. The summed E-state index contributed by atoms with van der Waals surface area (Å²) in [5.41, 5.74) is 1.11. The molecule has 0 atom stereocenters. The zero-order chi connectivity index (χ0) is 11.4. The molecule has 0 aliphatic carbocycles.